The average molecular weight is 679 g/mol. The molecule has 0 radical (unpaired) electrons. The first-order valence-electron chi connectivity index (χ1n) is 18.1. The Morgan fingerprint density at radius 3 is 1.74 bits per heavy atom. The molecule has 53 heavy (non-hydrogen) atoms. The van der Waals surface area contributed by atoms with Gasteiger partial charge in [0.05, 0.1) is 28.5 Å². The molecule has 0 saturated carbocycles. The number of fused-ring (bicyclic) bond motifs is 7. The Kier molecular flexibility index (Phi) is 7.40. The van der Waals surface area contributed by atoms with Crippen LogP contribution < -0.4 is 5.32 Å². The minimum absolute atomic E-state index is 0.509. The smallest absolute Gasteiger partial charge is 0.138 e. The summed E-state index contributed by atoms with van der Waals surface area (Å²) in [7, 11) is 0. The Balaban J connectivity index is 1.23. The number of amidine groups is 1. The number of hydrogen-bond donors (Lipinski definition) is 2. The summed E-state index contributed by atoms with van der Waals surface area (Å²) in [6.45, 7) is 0. The molecule has 0 amide bonds. The molecule has 4 heteroatoms. The summed E-state index contributed by atoms with van der Waals surface area (Å²) in [5.41, 5.74) is 9.05. The van der Waals surface area contributed by atoms with Crippen molar-refractivity contribution in [2.75, 3.05) is 0 Å². The molecule has 0 unspecified atom stereocenters. The molecule has 0 atom stereocenters. The van der Waals surface area contributed by atoms with E-state index in [0.29, 0.717) is 5.71 Å². The lowest BCUT2D eigenvalue weighted by Crippen LogP contribution is -2.27. The van der Waals surface area contributed by atoms with Crippen molar-refractivity contribution >= 4 is 66.0 Å². The van der Waals surface area contributed by atoms with Crippen LogP contribution in [-0.2, 0) is 0 Å². The number of benzene rings is 7. The van der Waals surface area contributed by atoms with Crippen LogP contribution in [0.25, 0.3) is 71.3 Å². The summed E-state index contributed by atoms with van der Waals surface area (Å²) in [6, 6.07) is 51.4. The quantitative estimate of drug-likeness (QED) is 0.141. The summed E-state index contributed by atoms with van der Waals surface area (Å²) in [6.07, 6.45) is 10.0. The van der Waals surface area contributed by atoms with Crippen LogP contribution in [0.3, 0.4) is 0 Å². The van der Waals surface area contributed by atoms with Crippen LogP contribution in [0.4, 0.5) is 5.69 Å². The maximum absolute atomic E-state index is 9.04. The van der Waals surface area contributed by atoms with Crippen molar-refractivity contribution in [3.05, 3.63) is 187 Å². The highest BCUT2D eigenvalue weighted by molar-refractivity contribution is 6.18. The number of nitrogens with one attached hydrogen (secondary N) is 2. The molecular weight excluding hydrogens is 645 g/mol. The molecule has 2 N–H and O–H groups in total. The average Bonchev–Trinajstić information content (AvgIpc) is 3.23. The number of aromatic nitrogens is 1. The molecular formula is C49H34N4. The predicted octanol–water partition coefficient (Wildman–Crippen LogP) is 12.3. The Morgan fingerprint density at radius 2 is 1.13 bits per heavy atom. The van der Waals surface area contributed by atoms with Crippen LogP contribution in [0, 0.1) is 5.41 Å². The highest BCUT2D eigenvalue weighted by atomic mass is 15.0. The Hall–Kier alpha value is -6.91. The number of pyridine rings is 1. The van der Waals surface area contributed by atoms with Gasteiger partial charge in [-0.15, -0.1) is 0 Å². The third kappa shape index (κ3) is 5.44. The lowest BCUT2D eigenvalue weighted by molar-refractivity contribution is 1.00. The Bertz CT molecular complexity index is 2810. The molecule has 0 saturated heterocycles. The van der Waals surface area contributed by atoms with Crippen molar-refractivity contribution in [1.82, 2.24) is 10.3 Å². The second kappa shape index (κ2) is 12.7. The van der Waals surface area contributed by atoms with Crippen LogP contribution >= 0.6 is 0 Å². The van der Waals surface area contributed by atoms with Gasteiger partial charge in [-0.3, -0.25) is 0 Å². The van der Waals surface area contributed by atoms with E-state index in [9.17, 15) is 0 Å². The Labute approximate surface area is 307 Å². The summed E-state index contributed by atoms with van der Waals surface area (Å²) < 4.78 is 0. The number of nitrogens with zero attached hydrogens (tertiary/aromatic N) is 2. The highest BCUT2D eigenvalue weighted by Gasteiger charge is 2.22. The van der Waals surface area contributed by atoms with Gasteiger partial charge in [0.15, 0.2) is 0 Å². The monoisotopic (exact) mass is 678 g/mol. The number of rotatable bonds is 5. The van der Waals surface area contributed by atoms with Crippen molar-refractivity contribution < 1.29 is 0 Å². The minimum atomic E-state index is 0.509. The van der Waals surface area contributed by atoms with E-state index >= 15 is 0 Å². The molecule has 2 heterocycles. The molecule has 1 aromatic heterocycles. The van der Waals surface area contributed by atoms with E-state index in [2.05, 4.69) is 145 Å². The summed E-state index contributed by atoms with van der Waals surface area (Å²) in [5.74, 6) is 0.723. The van der Waals surface area contributed by atoms with E-state index in [-0.39, 0.29) is 0 Å². The number of allylic oxidation sites excluding steroid dienone is 5. The Morgan fingerprint density at radius 1 is 0.585 bits per heavy atom. The van der Waals surface area contributed by atoms with Crippen LogP contribution in [0.5, 0.6) is 0 Å². The maximum atomic E-state index is 9.04. The molecule has 1 aliphatic carbocycles. The summed E-state index contributed by atoms with van der Waals surface area (Å²) >= 11 is 0. The van der Waals surface area contributed by atoms with Crippen molar-refractivity contribution in [2.24, 2.45) is 4.99 Å². The zero-order chi connectivity index (χ0) is 35.3. The van der Waals surface area contributed by atoms with Gasteiger partial charge in [0, 0.05) is 22.3 Å². The van der Waals surface area contributed by atoms with E-state index in [1.165, 1.54) is 32.3 Å². The molecule has 0 bridgehead atoms. The van der Waals surface area contributed by atoms with E-state index in [1.54, 1.807) is 0 Å². The molecule has 4 nitrogen and oxygen atoms in total. The van der Waals surface area contributed by atoms with Gasteiger partial charge in [0.1, 0.15) is 5.84 Å². The van der Waals surface area contributed by atoms with Gasteiger partial charge >= 0.3 is 0 Å². The van der Waals surface area contributed by atoms with Gasteiger partial charge in [0.2, 0.25) is 0 Å². The molecule has 0 fully saturated rings. The lowest BCUT2D eigenvalue weighted by atomic mass is 9.92. The van der Waals surface area contributed by atoms with Crippen molar-refractivity contribution in [2.45, 2.75) is 12.8 Å². The molecule has 0 spiro atoms. The van der Waals surface area contributed by atoms with Crippen LogP contribution in [0.15, 0.2) is 180 Å². The highest BCUT2D eigenvalue weighted by Crippen LogP contribution is 2.39. The van der Waals surface area contributed by atoms with Gasteiger partial charge in [-0.2, -0.15) is 0 Å². The zero-order valence-electron chi connectivity index (χ0n) is 29.0. The second-order valence-electron chi connectivity index (χ2n) is 13.7. The molecule has 7 aromatic carbocycles. The normalized spacial score (nSPS) is 14.7. The summed E-state index contributed by atoms with van der Waals surface area (Å²) in [4.78, 5) is 10.7. The molecule has 250 valence electrons. The second-order valence-corrected chi connectivity index (χ2v) is 13.7. The van der Waals surface area contributed by atoms with Gasteiger partial charge in [-0.05, 0) is 97.9 Å². The van der Waals surface area contributed by atoms with Crippen LogP contribution in [-0.4, -0.2) is 16.5 Å². The maximum Gasteiger partial charge on any atom is 0.138 e. The van der Waals surface area contributed by atoms with Crippen molar-refractivity contribution in [3.63, 3.8) is 0 Å². The third-order valence-corrected chi connectivity index (χ3v) is 10.5. The van der Waals surface area contributed by atoms with Gasteiger partial charge in [-0.1, -0.05) is 133 Å². The first-order chi connectivity index (χ1) is 26.2. The van der Waals surface area contributed by atoms with Crippen molar-refractivity contribution in [1.29, 1.82) is 5.41 Å². The molecule has 1 aliphatic heterocycles. The molecule has 8 aromatic rings. The van der Waals surface area contributed by atoms with Crippen LogP contribution in [0.1, 0.15) is 24.0 Å². The zero-order valence-corrected chi connectivity index (χ0v) is 29.0. The SMILES string of the molecule is N=C(/C=C1\NC(c2cc(-c3cc4ccccc4c4ccccc34)nc(-c3cc4ccccc4c4ccccc34)c2)=Nc2ccccc21)C1=CC=CCC1. The fourth-order valence-electron chi connectivity index (χ4n) is 7.93. The van der Waals surface area contributed by atoms with Gasteiger partial charge in [-0.25, -0.2) is 9.98 Å². The van der Waals surface area contributed by atoms with E-state index in [4.69, 9.17) is 15.4 Å². The number of aliphatic imine (C=N–C) groups is 1. The van der Waals surface area contributed by atoms with Gasteiger partial charge < -0.3 is 10.7 Å². The fourth-order valence-corrected chi connectivity index (χ4v) is 7.93. The fraction of sp³-hybridized carbons (Fsp3) is 0.0408. The first-order valence-corrected chi connectivity index (χ1v) is 18.1. The van der Waals surface area contributed by atoms with Crippen molar-refractivity contribution in [3.8, 4) is 22.5 Å². The van der Waals surface area contributed by atoms with E-state index in [0.717, 1.165) is 80.0 Å². The number of para-hydroxylation sites is 1. The first kappa shape index (κ1) is 30.9. The largest absolute Gasteiger partial charge is 0.339 e. The van der Waals surface area contributed by atoms with E-state index in [1.807, 2.05) is 30.4 Å². The van der Waals surface area contributed by atoms with Gasteiger partial charge in [0.25, 0.3) is 0 Å². The van der Waals surface area contributed by atoms with E-state index < -0.39 is 0 Å². The molecule has 2 aliphatic rings. The van der Waals surface area contributed by atoms with Crippen LogP contribution in [0.2, 0.25) is 0 Å². The lowest BCUT2D eigenvalue weighted by Gasteiger charge is -2.23. The standard InChI is InChI=1S/C49H34N4/c50-44(31-14-2-1-3-15-31)30-48-41-24-12-13-25-45(41)52-49(53-48)34-28-46(42-26-32-16-4-6-18-35(32)37-20-8-10-22-39(37)42)51-47(29-34)43-27-33-17-5-7-19-36(33)38-21-9-11-23-40(38)43/h1-2,4-14,16-30,50H,3,15H2,(H,52,53)/b48-30-,50-44?. The predicted molar refractivity (Wildman–Crippen MR) is 223 cm³/mol. The topological polar surface area (TPSA) is 61.1 Å². The summed E-state index contributed by atoms with van der Waals surface area (Å²) in [5, 5.41) is 22.2. The minimum Gasteiger partial charge on any atom is -0.339 e. The third-order valence-electron chi connectivity index (χ3n) is 10.5. The molecule has 10 rings (SSSR count). The number of hydrogen-bond acceptors (Lipinski definition) is 4.